The summed E-state index contributed by atoms with van der Waals surface area (Å²) in [6.45, 7) is 4.68. The fourth-order valence-electron chi connectivity index (χ4n) is 2.75. The maximum Gasteiger partial charge on any atom is 0.118 e. The molecule has 19 heavy (non-hydrogen) atoms. The van der Waals surface area contributed by atoms with Gasteiger partial charge in [0.05, 0.1) is 7.11 Å². The Bertz CT molecular complexity index is 377. The van der Waals surface area contributed by atoms with Crippen LogP contribution in [0.3, 0.4) is 0 Å². The summed E-state index contributed by atoms with van der Waals surface area (Å²) < 4.78 is 5.20. The van der Waals surface area contributed by atoms with Gasteiger partial charge in [-0.25, -0.2) is 0 Å². The topological polar surface area (TPSA) is 24.5 Å². The number of nitrogens with one attached hydrogen (secondary N) is 1. The molecule has 106 valence electrons. The molecule has 0 bridgehead atoms. The summed E-state index contributed by atoms with van der Waals surface area (Å²) in [5.74, 6) is 0.923. The molecular formula is C16H26N2O. The van der Waals surface area contributed by atoms with Gasteiger partial charge in [0.15, 0.2) is 0 Å². The Hall–Kier alpha value is -1.06. The zero-order valence-corrected chi connectivity index (χ0v) is 12.4. The molecule has 1 aromatic rings. The van der Waals surface area contributed by atoms with Crippen LogP contribution in [0.25, 0.3) is 0 Å². The van der Waals surface area contributed by atoms with E-state index in [-0.39, 0.29) is 0 Å². The van der Waals surface area contributed by atoms with Crippen LogP contribution >= 0.6 is 0 Å². The fourth-order valence-corrected chi connectivity index (χ4v) is 2.75. The summed E-state index contributed by atoms with van der Waals surface area (Å²) in [6, 6.07) is 9.42. The second kappa shape index (κ2) is 6.92. The Balaban J connectivity index is 1.90. The molecule has 1 fully saturated rings. The number of hydrogen-bond donors (Lipinski definition) is 1. The van der Waals surface area contributed by atoms with Crippen LogP contribution in [0.15, 0.2) is 24.3 Å². The van der Waals surface area contributed by atoms with Crippen LogP contribution in [0.2, 0.25) is 0 Å². The lowest BCUT2D eigenvalue weighted by molar-refractivity contribution is 0.340. The molecule has 1 unspecified atom stereocenters. The lowest BCUT2D eigenvalue weighted by atomic mass is 10.0. The van der Waals surface area contributed by atoms with E-state index in [1.807, 2.05) is 12.1 Å². The molecule has 1 aliphatic rings. The number of ether oxygens (including phenoxy) is 1. The van der Waals surface area contributed by atoms with Crippen molar-refractivity contribution in [1.82, 2.24) is 10.2 Å². The Kier molecular flexibility index (Phi) is 5.23. The molecule has 0 aromatic heterocycles. The van der Waals surface area contributed by atoms with Crippen molar-refractivity contribution in [3.05, 3.63) is 29.8 Å². The van der Waals surface area contributed by atoms with Crippen molar-refractivity contribution in [2.75, 3.05) is 27.2 Å². The summed E-state index contributed by atoms with van der Waals surface area (Å²) in [5.41, 5.74) is 1.33. The minimum atomic E-state index is 0.402. The van der Waals surface area contributed by atoms with Crippen LogP contribution in [-0.2, 0) is 0 Å². The maximum atomic E-state index is 5.20. The molecule has 3 nitrogen and oxygen atoms in total. The highest BCUT2D eigenvalue weighted by Gasteiger charge is 2.17. The molecule has 0 aliphatic carbocycles. The highest BCUT2D eigenvalue weighted by atomic mass is 16.5. The summed E-state index contributed by atoms with van der Waals surface area (Å²) in [5, 5.41) is 3.77. The number of hydrogen-bond acceptors (Lipinski definition) is 3. The van der Waals surface area contributed by atoms with Crippen molar-refractivity contribution in [3.63, 3.8) is 0 Å². The van der Waals surface area contributed by atoms with Crippen molar-refractivity contribution in [2.24, 2.45) is 0 Å². The van der Waals surface area contributed by atoms with Gasteiger partial charge in [0, 0.05) is 12.1 Å². The number of benzene rings is 1. The molecule has 1 saturated heterocycles. The van der Waals surface area contributed by atoms with Crippen LogP contribution < -0.4 is 10.1 Å². The highest BCUT2D eigenvalue weighted by molar-refractivity contribution is 5.28. The summed E-state index contributed by atoms with van der Waals surface area (Å²) in [6.07, 6.45) is 3.82. The van der Waals surface area contributed by atoms with E-state index in [1.165, 1.54) is 37.9 Å². The molecule has 0 spiro atoms. The second-order valence-corrected chi connectivity index (χ2v) is 5.59. The van der Waals surface area contributed by atoms with Crippen molar-refractivity contribution in [3.8, 4) is 5.75 Å². The molecule has 1 aromatic carbocycles. The first kappa shape index (κ1) is 14.4. The third-order valence-corrected chi connectivity index (χ3v) is 4.05. The van der Waals surface area contributed by atoms with E-state index >= 15 is 0 Å². The lowest BCUT2D eigenvalue weighted by Gasteiger charge is -2.22. The van der Waals surface area contributed by atoms with E-state index in [9.17, 15) is 0 Å². The molecule has 0 radical (unpaired) electrons. The van der Waals surface area contributed by atoms with E-state index in [0.29, 0.717) is 12.1 Å². The molecular weight excluding hydrogens is 236 g/mol. The van der Waals surface area contributed by atoms with Gasteiger partial charge in [-0.05, 0) is 64.0 Å². The fraction of sp³-hybridized carbons (Fsp3) is 0.625. The summed E-state index contributed by atoms with van der Waals surface area (Å²) >= 11 is 0. The summed E-state index contributed by atoms with van der Waals surface area (Å²) in [4.78, 5) is 2.43. The van der Waals surface area contributed by atoms with Gasteiger partial charge in [-0.3, -0.25) is 0 Å². The largest absolute Gasteiger partial charge is 0.497 e. The van der Waals surface area contributed by atoms with Gasteiger partial charge in [-0.15, -0.1) is 0 Å². The van der Waals surface area contributed by atoms with Crippen LogP contribution in [0.5, 0.6) is 5.75 Å². The highest BCUT2D eigenvalue weighted by Crippen LogP contribution is 2.19. The van der Waals surface area contributed by atoms with Gasteiger partial charge < -0.3 is 15.0 Å². The van der Waals surface area contributed by atoms with Crippen LogP contribution in [0, 0.1) is 0 Å². The van der Waals surface area contributed by atoms with Gasteiger partial charge in [-0.1, -0.05) is 12.1 Å². The Morgan fingerprint density at radius 2 is 1.95 bits per heavy atom. The standard InChI is InChI=1S/C16H26N2O/c1-13(14-6-8-16(19-3)9-7-14)17-15-5-4-11-18(2)12-10-15/h6-9,13,15,17H,4-5,10-12H2,1-3H3/t13-,15?/m1/s1. The molecule has 1 heterocycles. The van der Waals surface area contributed by atoms with Crippen molar-refractivity contribution >= 4 is 0 Å². The predicted octanol–water partition coefficient (Wildman–Crippen LogP) is 2.83. The van der Waals surface area contributed by atoms with Gasteiger partial charge >= 0.3 is 0 Å². The first-order valence-corrected chi connectivity index (χ1v) is 7.27. The van der Waals surface area contributed by atoms with Crippen molar-refractivity contribution in [2.45, 2.75) is 38.3 Å². The zero-order valence-electron chi connectivity index (χ0n) is 12.4. The predicted molar refractivity (Wildman–Crippen MR) is 79.7 cm³/mol. The molecule has 2 rings (SSSR count). The quantitative estimate of drug-likeness (QED) is 0.903. The normalized spacial score (nSPS) is 22.8. The maximum absolute atomic E-state index is 5.20. The first-order chi connectivity index (χ1) is 9.19. The first-order valence-electron chi connectivity index (χ1n) is 7.27. The number of nitrogens with zero attached hydrogens (tertiary/aromatic N) is 1. The number of rotatable bonds is 4. The number of methoxy groups -OCH3 is 1. The minimum Gasteiger partial charge on any atom is -0.497 e. The zero-order chi connectivity index (χ0) is 13.7. The van der Waals surface area contributed by atoms with Crippen LogP contribution in [-0.4, -0.2) is 38.2 Å². The van der Waals surface area contributed by atoms with Crippen LogP contribution in [0.4, 0.5) is 0 Å². The molecule has 0 amide bonds. The van der Waals surface area contributed by atoms with E-state index in [0.717, 1.165) is 5.75 Å². The van der Waals surface area contributed by atoms with Crippen LogP contribution in [0.1, 0.15) is 37.8 Å². The van der Waals surface area contributed by atoms with E-state index < -0.39 is 0 Å². The summed E-state index contributed by atoms with van der Waals surface area (Å²) in [7, 11) is 3.92. The van der Waals surface area contributed by atoms with Gasteiger partial charge in [0.2, 0.25) is 0 Å². The monoisotopic (exact) mass is 262 g/mol. The van der Waals surface area contributed by atoms with Gasteiger partial charge in [0.25, 0.3) is 0 Å². The second-order valence-electron chi connectivity index (χ2n) is 5.59. The smallest absolute Gasteiger partial charge is 0.118 e. The minimum absolute atomic E-state index is 0.402. The van der Waals surface area contributed by atoms with Gasteiger partial charge in [-0.2, -0.15) is 0 Å². The van der Waals surface area contributed by atoms with E-state index in [2.05, 4.69) is 36.3 Å². The molecule has 0 saturated carbocycles. The Labute approximate surface area is 116 Å². The van der Waals surface area contributed by atoms with Crippen molar-refractivity contribution < 1.29 is 4.74 Å². The Morgan fingerprint density at radius 1 is 1.21 bits per heavy atom. The van der Waals surface area contributed by atoms with E-state index in [4.69, 9.17) is 4.74 Å². The Morgan fingerprint density at radius 3 is 2.63 bits per heavy atom. The SMILES string of the molecule is COc1ccc([C@@H](C)NC2CCCN(C)CC2)cc1. The van der Waals surface area contributed by atoms with Crippen molar-refractivity contribution in [1.29, 1.82) is 0 Å². The van der Waals surface area contributed by atoms with Gasteiger partial charge in [0.1, 0.15) is 5.75 Å². The molecule has 3 heteroatoms. The average Bonchev–Trinajstić information content (AvgIpc) is 2.64. The molecule has 2 atom stereocenters. The third kappa shape index (κ3) is 4.22. The molecule has 1 aliphatic heterocycles. The third-order valence-electron chi connectivity index (χ3n) is 4.05. The average molecular weight is 262 g/mol. The lowest BCUT2D eigenvalue weighted by Crippen LogP contribution is -2.32. The number of likely N-dealkylation sites (tertiary alicyclic amines) is 1. The van der Waals surface area contributed by atoms with E-state index in [1.54, 1.807) is 7.11 Å². The molecule has 1 N–H and O–H groups in total.